The molecule has 1 aromatic carbocycles. The van der Waals surface area contributed by atoms with Crippen LogP contribution < -0.4 is 14.4 Å². The molecule has 0 spiro atoms. The molecule has 2 aliphatic rings. The van der Waals surface area contributed by atoms with Crippen molar-refractivity contribution < 1.29 is 14.6 Å². The number of aliphatic hydroxyl groups excluding tert-OH is 1. The second-order valence-corrected chi connectivity index (χ2v) is 6.32. The fourth-order valence-corrected chi connectivity index (χ4v) is 3.65. The van der Waals surface area contributed by atoms with Gasteiger partial charge in [0.1, 0.15) is 11.8 Å². The molecule has 128 valence electrons. The van der Waals surface area contributed by atoms with Crippen molar-refractivity contribution in [3.8, 4) is 11.5 Å². The zero-order valence-electron chi connectivity index (χ0n) is 13.4. The summed E-state index contributed by atoms with van der Waals surface area (Å²) in [6, 6.07) is 5.90. The molecule has 1 fully saturated rings. The van der Waals surface area contributed by atoms with E-state index in [4.69, 9.17) is 9.47 Å². The number of β-amino-alcohol motifs (C(OH)–C–C–N with tert-alkyl or cyclic N) is 1. The first-order valence-electron chi connectivity index (χ1n) is 8.26. The van der Waals surface area contributed by atoms with Crippen LogP contribution in [0.3, 0.4) is 0 Å². The molecule has 5 rings (SSSR count). The summed E-state index contributed by atoms with van der Waals surface area (Å²) in [5.41, 5.74) is 2.51. The molecule has 2 aliphatic heterocycles. The van der Waals surface area contributed by atoms with Crippen molar-refractivity contribution in [1.82, 2.24) is 19.9 Å². The molecule has 0 bridgehead atoms. The third-order valence-electron chi connectivity index (χ3n) is 4.91. The average molecular weight is 339 g/mol. The molecule has 4 heterocycles. The highest BCUT2D eigenvalue weighted by molar-refractivity contribution is 5.82. The second kappa shape index (κ2) is 5.59. The lowest BCUT2D eigenvalue weighted by Gasteiger charge is -2.36. The molecule has 2 N–H and O–H groups in total. The van der Waals surface area contributed by atoms with Gasteiger partial charge in [0.15, 0.2) is 23.0 Å². The number of hydrogen-bond acceptors (Lipinski definition) is 7. The van der Waals surface area contributed by atoms with Crippen LogP contribution >= 0.6 is 0 Å². The average Bonchev–Trinajstić information content (AvgIpc) is 3.29. The standard InChI is InChI=1S/C17H17N5O3/c23-12-6-22(17-15-16(19-7-18-15)20-8-21-17)4-3-11(12)10-1-2-13-14(5-10)25-9-24-13/h1-2,5,7-8,11-12,23H,3-4,6,9H2,(H,18,19,20,21)/t11-,12+/m0/s1. The smallest absolute Gasteiger partial charge is 0.231 e. The summed E-state index contributed by atoms with van der Waals surface area (Å²) in [5.74, 6) is 2.36. The summed E-state index contributed by atoms with van der Waals surface area (Å²) in [6.07, 6.45) is 3.44. The highest BCUT2D eigenvalue weighted by atomic mass is 16.7. The minimum atomic E-state index is -0.498. The van der Waals surface area contributed by atoms with Crippen molar-refractivity contribution in [2.75, 3.05) is 24.8 Å². The molecule has 0 saturated carbocycles. The Morgan fingerprint density at radius 3 is 3.00 bits per heavy atom. The van der Waals surface area contributed by atoms with E-state index in [-0.39, 0.29) is 12.7 Å². The summed E-state index contributed by atoms with van der Waals surface area (Å²) in [6.45, 7) is 1.55. The van der Waals surface area contributed by atoms with Crippen LogP contribution in [-0.4, -0.2) is 51.0 Å². The predicted octanol–water partition coefficient (Wildman–Crippen LogP) is 1.44. The molecule has 2 atom stereocenters. The van der Waals surface area contributed by atoms with Gasteiger partial charge in [0, 0.05) is 19.0 Å². The fourth-order valence-electron chi connectivity index (χ4n) is 3.65. The van der Waals surface area contributed by atoms with Gasteiger partial charge in [-0.25, -0.2) is 15.0 Å². The number of fused-ring (bicyclic) bond motifs is 2. The molecule has 8 heteroatoms. The van der Waals surface area contributed by atoms with E-state index in [0.29, 0.717) is 12.2 Å². The van der Waals surface area contributed by atoms with E-state index in [0.717, 1.165) is 41.4 Å². The monoisotopic (exact) mass is 339 g/mol. The van der Waals surface area contributed by atoms with Gasteiger partial charge < -0.3 is 24.5 Å². The van der Waals surface area contributed by atoms with Crippen LogP contribution in [0.15, 0.2) is 30.9 Å². The summed E-state index contributed by atoms with van der Waals surface area (Å²) in [5, 5.41) is 10.7. The number of nitrogens with zero attached hydrogens (tertiary/aromatic N) is 4. The Kier molecular flexibility index (Phi) is 3.24. The third kappa shape index (κ3) is 2.37. The molecule has 3 aromatic rings. The predicted molar refractivity (Wildman–Crippen MR) is 89.8 cm³/mol. The van der Waals surface area contributed by atoms with Gasteiger partial charge in [-0.3, -0.25) is 0 Å². The van der Waals surface area contributed by atoms with E-state index in [1.54, 1.807) is 6.33 Å². The molecular formula is C17H17N5O3. The molecule has 0 amide bonds. The largest absolute Gasteiger partial charge is 0.454 e. The Labute approximate surface area is 143 Å². The van der Waals surface area contributed by atoms with Crippen molar-refractivity contribution in [2.45, 2.75) is 18.4 Å². The summed E-state index contributed by atoms with van der Waals surface area (Å²) < 4.78 is 10.8. The Balaban J connectivity index is 1.39. The third-order valence-corrected chi connectivity index (χ3v) is 4.91. The fraction of sp³-hybridized carbons (Fsp3) is 0.353. The summed E-state index contributed by atoms with van der Waals surface area (Å²) in [4.78, 5) is 17.9. The zero-order valence-corrected chi connectivity index (χ0v) is 13.4. The molecule has 0 radical (unpaired) electrons. The van der Waals surface area contributed by atoms with E-state index in [2.05, 4.69) is 24.8 Å². The summed E-state index contributed by atoms with van der Waals surface area (Å²) >= 11 is 0. The first-order chi connectivity index (χ1) is 12.3. The van der Waals surface area contributed by atoms with Gasteiger partial charge in [0.2, 0.25) is 6.79 Å². The number of aromatic nitrogens is 4. The van der Waals surface area contributed by atoms with E-state index < -0.39 is 6.10 Å². The number of hydrogen-bond donors (Lipinski definition) is 2. The second-order valence-electron chi connectivity index (χ2n) is 6.32. The molecule has 25 heavy (non-hydrogen) atoms. The first-order valence-corrected chi connectivity index (χ1v) is 8.26. The minimum Gasteiger partial charge on any atom is -0.454 e. The first kappa shape index (κ1) is 14.5. The van der Waals surface area contributed by atoms with Gasteiger partial charge in [-0.15, -0.1) is 0 Å². The van der Waals surface area contributed by atoms with Crippen molar-refractivity contribution in [3.05, 3.63) is 36.4 Å². The maximum absolute atomic E-state index is 10.7. The van der Waals surface area contributed by atoms with Crippen LogP contribution in [0.5, 0.6) is 11.5 Å². The van der Waals surface area contributed by atoms with Crippen molar-refractivity contribution in [2.24, 2.45) is 0 Å². The number of H-pyrrole nitrogens is 1. The van der Waals surface area contributed by atoms with E-state index in [1.165, 1.54) is 6.33 Å². The van der Waals surface area contributed by atoms with E-state index >= 15 is 0 Å². The van der Waals surface area contributed by atoms with Crippen LogP contribution in [0.1, 0.15) is 17.9 Å². The van der Waals surface area contributed by atoms with Crippen molar-refractivity contribution >= 4 is 17.0 Å². The molecule has 8 nitrogen and oxygen atoms in total. The lowest BCUT2D eigenvalue weighted by Crippen LogP contribution is -2.43. The minimum absolute atomic E-state index is 0.0600. The van der Waals surface area contributed by atoms with Crippen LogP contribution in [-0.2, 0) is 0 Å². The lowest BCUT2D eigenvalue weighted by molar-refractivity contribution is 0.129. The van der Waals surface area contributed by atoms with E-state index in [9.17, 15) is 5.11 Å². The van der Waals surface area contributed by atoms with Gasteiger partial charge in [0.05, 0.1) is 12.4 Å². The molecule has 1 saturated heterocycles. The van der Waals surface area contributed by atoms with Gasteiger partial charge in [-0.05, 0) is 24.1 Å². The number of imidazole rings is 1. The molecule has 0 aliphatic carbocycles. The van der Waals surface area contributed by atoms with Crippen LogP contribution in [0.2, 0.25) is 0 Å². The highest BCUT2D eigenvalue weighted by Crippen LogP contribution is 2.38. The van der Waals surface area contributed by atoms with Crippen molar-refractivity contribution in [3.63, 3.8) is 0 Å². The van der Waals surface area contributed by atoms with E-state index in [1.807, 2.05) is 18.2 Å². The highest BCUT2D eigenvalue weighted by Gasteiger charge is 2.31. The van der Waals surface area contributed by atoms with Gasteiger partial charge >= 0.3 is 0 Å². The van der Waals surface area contributed by atoms with Crippen LogP contribution in [0, 0.1) is 0 Å². The zero-order chi connectivity index (χ0) is 16.8. The number of ether oxygens (including phenoxy) is 2. The number of benzene rings is 1. The van der Waals surface area contributed by atoms with Gasteiger partial charge in [-0.1, -0.05) is 6.07 Å². The van der Waals surface area contributed by atoms with Crippen LogP contribution in [0.4, 0.5) is 5.82 Å². The number of nitrogens with one attached hydrogen (secondary N) is 1. The number of aromatic amines is 1. The maximum Gasteiger partial charge on any atom is 0.231 e. The number of piperidine rings is 1. The Morgan fingerprint density at radius 1 is 1.16 bits per heavy atom. The van der Waals surface area contributed by atoms with Gasteiger partial charge in [0.25, 0.3) is 0 Å². The molecule has 2 aromatic heterocycles. The number of rotatable bonds is 2. The molecular weight excluding hydrogens is 322 g/mol. The SMILES string of the molecule is O[C@@H]1CN(c2ncnc3nc[nH]c23)CC[C@H]1c1ccc2c(c1)OCO2. The lowest BCUT2D eigenvalue weighted by atomic mass is 9.87. The molecule has 0 unspecified atom stereocenters. The van der Waals surface area contributed by atoms with Crippen LogP contribution in [0.25, 0.3) is 11.2 Å². The van der Waals surface area contributed by atoms with Gasteiger partial charge in [-0.2, -0.15) is 0 Å². The topological polar surface area (TPSA) is 96.4 Å². The Bertz CT molecular complexity index is 928. The quantitative estimate of drug-likeness (QED) is 0.729. The van der Waals surface area contributed by atoms with Crippen molar-refractivity contribution in [1.29, 1.82) is 0 Å². The normalized spacial score (nSPS) is 22.5. The number of aliphatic hydroxyl groups is 1. The Morgan fingerprint density at radius 2 is 2.08 bits per heavy atom. The summed E-state index contributed by atoms with van der Waals surface area (Å²) in [7, 11) is 0. The Hall–Kier alpha value is -2.87. The number of anilines is 1. The maximum atomic E-state index is 10.7.